The molecule has 0 unspecified atom stereocenters. The molecule has 2 aromatic carbocycles. The lowest BCUT2D eigenvalue weighted by atomic mass is 10.2. The molecule has 1 aromatic heterocycles. The summed E-state index contributed by atoms with van der Waals surface area (Å²) in [5, 5.41) is 3.85. The summed E-state index contributed by atoms with van der Waals surface area (Å²) in [5.74, 6) is 0.589. The lowest BCUT2D eigenvalue weighted by Crippen LogP contribution is -2.11. The number of fused-ring (bicyclic) bond motifs is 1. The molecular weight excluding hydrogens is 276 g/mol. The van der Waals surface area contributed by atoms with E-state index in [4.69, 9.17) is 4.74 Å². The number of rotatable bonds is 4. The SMILES string of the molecule is CCOc1ccc(C(=O)Nc2cnc3ccccc3c2)cc1. The molecule has 0 bridgehead atoms. The van der Waals surface area contributed by atoms with Crippen molar-refractivity contribution in [1.82, 2.24) is 4.98 Å². The van der Waals surface area contributed by atoms with Crippen LogP contribution in [0.2, 0.25) is 0 Å². The molecule has 1 heterocycles. The van der Waals surface area contributed by atoms with Gasteiger partial charge in [0.05, 0.1) is 24.0 Å². The summed E-state index contributed by atoms with van der Waals surface area (Å²) in [6.45, 7) is 2.53. The Morgan fingerprint density at radius 2 is 1.91 bits per heavy atom. The van der Waals surface area contributed by atoms with Crippen LogP contribution in [0.25, 0.3) is 10.9 Å². The fourth-order valence-corrected chi connectivity index (χ4v) is 2.21. The number of hydrogen-bond donors (Lipinski definition) is 1. The smallest absolute Gasteiger partial charge is 0.255 e. The van der Waals surface area contributed by atoms with Crippen molar-refractivity contribution in [3.05, 3.63) is 66.4 Å². The summed E-state index contributed by atoms with van der Waals surface area (Å²) in [6.07, 6.45) is 1.66. The number of anilines is 1. The minimum atomic E-state index is -0.167. The molecule has 0 aliphatic carbocycles. The van der Waals surface area contributed by atoms with E-state index in [-0.39, 0.29) is 5.91 Å². The summed E-state index contributed by atoms with van der Waals surface area (Å²) in [4.78, 5) is 16.6. The fraction of sp³-hybridized carbons (Fsp3) is 0.111. The number of nitrogens with zero attached hydrogens (tertiary/aromatic N) is 1. The molecule has 3 aromatic rings. The molecule has 0 fully saturated rings. The Morgan fingerprint density at radius 3 is 2.68 bits per heavy atom. The summed E-state index contributed by atoms with van der Waals surface area (Å²) in [6, 6.07) is 16.8. The van der Waals surface area contributed by atoms with E-state index in [0.29, 0.717) is 17.9 Å². The third-order valence-corrected chi connectivity index (χ3v) is 3.28. The number of nitrogens with one attached hydrogen (secondary N) is 1. The highest BCUT2D eigenvalue weighted by Gasteiger charge is 2.07. The third kappa shape index (κ3) is 3.06. The van der Waals surface area contributed by atoms with E-state index in [9.17, 15) is 4.79 Å². The van der Waals surface area contributed by atoms with Crippen LogP contribution in [-0.2, 0) is 0 Å². The van der Waals surface area contributed by atoms with Gasteiger partial charge in [0.1, 0.15) is 5.75 Å². The van der Waals surface area contributed by atoms with Crippen LogP contribution < -0.4 is 10.1 Å². The maximum atomic E-state index is 12.2. The number of hydrogen-bond acceptors (Lipinski definition) is 3. The second-order valence-electron chi connectivity index (χ2n) is 4.83. The molecule has 0 saturated carbocycles. The van der Waals surface area contributed by atoms with Gasteiger partial charge in [-0.05, 0) is 43.3 Å². The molecule has 0 saturated heterocycles. The van der Waals surface area contributed by atoms with Crippen LogP contribution in [0, 0.1) is 0 Å². The Morgan fingerprint density at radius 1 is 1.14 bits per heavy atom. The maximum absolute atomic E-state index is 12.2. The summed E-state index contributed by atoms with van der Waals surface area (Å²) in [7, 11) is 0. The molecule has 0 radical (unpaired) electrons. The molecule has 110 valence electrons. The number of carbonyl (C=O) groups excluding carboxylic acids is 1. The molecule has 0 aliphatic heterocycles. The van der Waals surface area contributed by atoms with Crippen LogP contribution in [0.4, 0.5) is 5.69 Å². The van der Waals surface area contributed by atoms with Gasteiger partial charge in [0.2, 0.25) is 0 Å². The lowest BCUT2D eigenvalue weighted by Gasteiger charge is -2.07. The van der Waals surface area contributed by atoms with Crippen LogP contribution in [0.3, 0.4) is 0 Å². The Balaban J connectivity index is 1.77. The van der Waals surface area contributed by atoms with Crippen LogP contribution in [0.5, 0.6) is 5.75 Å². The molecule has 1 amide bonds. The van der Waals surface area contributed by atoms with Crippen LogP contribution in [-0.4, -0.2) is 17.5 Å². The summed E-state index contributed by atoms with van der Waals surface area (Å²) < 4.78 is 5.37. The van der Waals surface area contributed by atoms with Crippen molar-refractivity contribution in [2.45, 2.75) is 6.92 Å². The third-order valence-electron chi connectivity index (χ3n) is 3.28. The molecule has 0 spiro atoms. The van der Waals surface area contributed by atoms with Gasteiger partial charge < -0.3 is 10.1 Å². The van der Waals surface area contributed by atoms with E-state index in [1.165, 1.54) is 0 Å². The molecule has 4 nitrogen and oxygen atoms in total. The standard InChI is InChI=1S/C18H16N2O2/c1-2-22-16-9-7-13(8-10-16)18(21)20-15-11-14-5-3-4-6-17(14)19-12-15/h3-12H,2H2,1H3,(H,20,21). The largest absolute Gasteiger partial charge is 0.494 e. The molecule has 0 atom stereocenters. The first-order valence-corrected chi connectivity index (χ1v) is 7.15. The first-order chi connectivity index (χ1) is 10.8. The van der Waals surface area contributed by atoms with Gasteiger partial charge in [-0.15, -0.1) is 0 Å². The summed E-state index contributed by atoms with van der Waals surface area (Å²) >= 11 is 0. The molecule has 3 rings (SSSR count). The van der Waals surface area contributed by atoms with Crippen LogP contribution in [0.15, 0.2) is 60.8 Å². The first-order valence-electron chi connectivity index (χ1n) is 7.15. The Labute approximate surface area is 128 Å². The number of ether oxygens (including phenoxy) is 1. The minimum absolute atomic E-state index is 0.167. The van der Waals surface area contributed by atoms with E-state index in [0.717, 1.165) is 16.7 Å². The van der Waals surface area contributed by atoms with Gasteiger partial charge in [0, 0.05) is 10.9 Å². The average molecular weight is 292 g/mol. The van der Waals surface area contributed by atoms with E-state index >= 15 is 0 Å². The van der Waals surface area contributed by atoms with Crippen molar-refractivity contribution < 1.29 is 9.53 Å². The number of benzene rings is 2. The van der Waals surface area contributed by atoms with Crippen molar-refractivity contribution in [2.24, 2.45) is 0 Å². The number of amides is 1. The Kier molecular flexibility index (Phi) is 4.01. The molecule has 4 heteroatoms. The van der Waals surface area contributed by atoms with Gasteiger partial charge in [-0.2, -0.15) is 0 Å². The monoisotopic (exact) mass is 292 g/mol. The molecule has 0 aliphatic rings. The maximum Gasteiger partial charge on any atom is 0.255 e. The highest BCUT2D eigenvalue weighted by Crippen LogP contribution is 2.18. The van der Waals surface area contributed by atoms with Crippen LogP contribution in [0.1, 0.15) is 17.3 Å². The Hall–Kier alpha value is -2.88. The number of carbonyl (C=O) groups is 1. The normalized spacial score (nSPS) is 10.4. The van der Waals surface area contributed by atoms with E-state index in [2.05, 4.69) is 10.3 Å². The van der Waals surface area contributed by atoms with E-state index < -0.39 is 0 Å². The lowest BCUT2D eigenvalue weighted by molar-refractivity contribution is 0.102. The van der Waals surface area contributed by atoms with Gasteiger partial charge in [0.25, 0.3) is 5.91 Å². The predicted octanol–water partition coefficient (Wildman–Crippen LogP) is 3.89. The second kappa shape index (κ2) is 6.26. The van der Waals surface area contributed by atoms with E-state index in [1.54, 1.807) is 30.5 Å². The van der Waals surface area contributed by atoms with Crippen molar-refractivity contribution in [3.8, 4) is 5.75 Å². The van der Waals surface area contributed by atoms with Crippen molar-refractivity contribution in [3.63, 3.8) is 0 Å². The number of aromatic nitrogens is 1. The van der Waals surface area contributed by atoms with Gasteiger partial charge in [-0.25, -0.2) is 0 Å². The zero-order valence-electron chi connectivity index (χ0n) is 12.2. The van der Waals surface area contributed by atoms with Gasteiger partial charge in [-0.1, -0.05) is 18.2 Å². The highest BCUT2D eigenvalue weighted by molar-refractivity contribution is 6.04. The number of para-hydroxylation sites is 1. The van der Waals surface area contributed by atoms with Crippen molar-refractivity contribution in [2.75, 3.05) is 11.9 Å². The van der Waals surface area contributed by atoms with Gasteiger partial charge >= 0.3 is 0 Å². The Bertz CT molecular complexity index is 798. The van der Waals surface area contributed by atoms with Gasteiger partial charge in [0.15, 0.2) is 0 Å². The van der Waals surface area contributed by atoms with Crippen LogP contribution >= 0.6 is 0 Å². The zero-order chi connectivity index (χ0) is 15.4. The fourth-order valence-electron chi connectivity index (χ4n) is 2.21. The van der Waals surface area contributed by atoms with Crippen molar-refractivity contribution in [1.29, 1.82) is 0 Å². The molecule has 1 N–H and O–H groups in total. The predicted molar refractivity (Wildman–Crippen MR) is 87.3 cm³/mol. The zero-order valence-corrected chi connectivity index (χ0v) is 12.2. The summed E-state index contributed by atoms with van der Waals surface area (Å²) in [5.41, 5.74) is 2.16. The van der Waals surface area contributed by atoms with Gasteiger partial charge in [-0.3, -0.25) is 9.78 Å². The number of pyridine rings is 1. The van der Waals surface area contributed by atoms with E-state index in [1.807, 2.05) is 37.3 Å². The molecular formula is C18H16N2O2. The highest BCUT2D eigenvalue weighted by atomic mass is 16.5. The van der Waals surface area contributed by atoms with Crippen molar-refractivity contribution >= 4 is 22.5 Å². The average Bonchev–Trinajstić information content (AvgIpc) is 2.56. The topological polar surface area (TPSA) is 51.2 Å². The minimum Gasteiger partial charge on any atom is -0.494 e. The first kappa shape index (κ1) is 14.1. The quantitative estimate of drug-likeness (QED) is 0.793. The molecule has 22 heavy (non-hydrogen) atoms. The second-order valence-corrected chi connectivity index (χ2v) is 4.83.